The zero-order valence-corrected chi connectivity index (χ0v) is 11.6. The summed E-state index contributed by atoms with van der Waals surface area (Å²) in [7, 11) is 0. The van der Waals surface area contributed by atoms with Crippen LogP contribution in [0.25, 0.3) is 10.9 Å². The van der Waals surface area contributed by atoms with Crippen molar-refractivity contribution in [2.45, 2.75) is 6.42 Å². The summed E-state index contributed by atoms with van der Waals surface area (Å²) in [4.78, 5) is 4.32. The molecule has 1 aromatic carbocycles. The first kappa shape index (κ1) is 14.0. The summed E-state index contributed by atoms with van der Waals surface area (Å²) in [6.45, 7) is 1.18. The van der Waals surface area contributed by atoms with E-state index >= 15 is 0 Å². The van der Waals surface area contributed by atoms with Gasteiger partial charge in [0.1, 0.15) is 0 Å². The van der Waals surface area contributed by atoms with Gasteiger partial charge in [-0.05, 0) is 36.4 Å². The van der Waals surface area contributed by atoms with Crippen LogP contribution in [-0.4, -0.2) is 34.7 Å². The molecule has 2 aromatic rings. The number of fused-ring (bicyclic) bond motifs is 1. The summed E-state index contributed by atoms with van der Waals surface area (Å²) >= 11 is 1.85. The van der Waals surface area contributed by atoms with E-state index in [0.29, 0.717) is 0 Å². The van der Waals surface area contributed by atoms with Gasteiger partial charge in [-0.25, -0.2) is 0 Å². The maximum absolute atomic E-state index is 8.70. The van der Waals surface area contributed by atoms with Crippen LogP contribution < -0.4 is 11.1 Å². The fourth-order valence-corrected chi connectivity index (χ4v) is 2.63. The van der Waals surface area contributed by atoms with Gasteiger partial charge >= 0.3 is 0 Å². The fraction of sp³-hybridized carbons (Fsp3) is 0.357. The van der Waals surface area contributed by atoms with E-state index in [1.54, 1.807) is 6.20 Å². The number of aliphatic hydroxyl groups excluding tert-OH is 1. The number of nitrogens with one attached hydrogen (secondary N) is 1. The third-order valence-electron chi connectivity index (χ3n) is 2.78. The number of pyridine rings is 1. The van der Waals surface area contributed by atoms with Crippen LogP contribution in [0, 0.1) is 0 Å². The Morgan fingerprint density at radius 3 is 3.00 bits per heavy atom. The average Bonchev–Trinajstić information content (AvgIpc) is 2.42. The maximum atomic E-state index is 8.70. The number of aliphatic hydroxyl groups is 1. The van der Waals surface area contributed by atoms with Crippen molar-refractivity contribution in [3.63, 3.8) is 0 Å². The van der Waals surface area contributed by atoms with E-state index in [4.69, 9.17) is 10.8 Å². The van der Waals surface area contributed by atoms with E-state index in [2.05, 4.69) is 10.3 Å². The molecule has 0 amide bonds. The van der Waals surface area contributed by atoms with E-state index in [9.17, 15) is 0 Å². The molecule has 4 nitrogen and oxygen atoms in total. The molecule has 0 bridgehead atoms. The number of hydrogen-bond donors (Lipinski definition) is 3. The van der Waals surface area contributed by atoms with Gasteiger partial charge < -0.3 is 16.2 Å². The molecule has 19 heavy (non-hydrogen) atoms. The number of benzene rings is 1. The van der Waals surface area contributed by atoms with Gasteiger partial charge in [-0.1, -0.05) is 0 Å². The molecule has 2 rings (SSSR count). The van der Waals surface area contributed by atoms with Gasteiger partial charge in [0.2, 0.25) is 0 Å². The van der Waals surface area contributed by atoms with Crippen LogP contribution in [0.15, 0.2) is 30.5 Å². The monoisotopic (exact) mass is 277 g/mol. The predicted molar refractivity (Wildman–Crippen MR) is 83.7 cm³/mol. The Morgan fingerprint density at radius 2 is 2.16 bits per heavy atom. The summed E-state index contributed by atoms with van der Waals surface area (Å²) in [5.74, 6) is 2.03. The van der Waals surface area contributed by atoms with Crippen molar-refractivity contribution in [1.29, 1.82) is 0 Å². The second-order valence-corrected chi connectivity index (χ2v) is 5.48. The van der Waals surface area contributed by atoms with Crippen molar-refractivity contribution < 1.29 is 5.11 Å². The highest BCUT2D eigenvalue weighted by Crippen LogP contribution is 2.23. The second-order valence-electron chi connectivity index (χ2n) is 4.25. The number of aromatic nitrogens is 1. The van der Waals surface area contributed by atoms with Crippen LogP contribution in [0.5, 0.6) is 0 Å². The molecule has 0 aliphatic carbocycles. The molecule has 0 spiro atoms. The van der Waals surface area contributed by atoms with Crippen molar-refractivity contribution in [2.24, 2.45) is 0 Å². The third-order valence-corrected chi connectivity index (χ3v) is 3.85. The standard InChI is InChI=1S/C14H19N3OS/c15-11-2-3-12-13(4-5-16-14(12)10-11)17-6-9-19-8-1-7-18/h2-5,10,18H,1,6-9,15H2,(H,16,17). The fourth-order valence-electron chi connectivity index (χ4n) is 1.85. The number of thioether (sulfide) groups is 1. The minimum absolute atomic E-state index is 0.275. The van der Waals surface area contributed by atoms with Crippen molar-refractivity contribution in [1.82, 2.24) is 4.98 Å². The average molecular weight is 277 g/mol. The lowest BCUT2D eigenvalue weighted by atomic mass is 10.1. The van der Waals surface area contributed by atoms with Gasteiger partial charge in [-0.15, -0.1) is 0 Å². The molecule has 1 heterocycles. The summed E-state index contributed by atoms with van der Waals surface area (Å²) in [6.07, 6.45) is 2.66. The highest BCUT2D eigenvalue weighted by atomic mass is 32.2. The number of hydrogen-bond acceptors (Lipinski definition) is 5. The van der Waals surface area contributed by atoms with Crippen LogP contribution in [-0.2, 0) is 0 Å². The molecular weight excluding hydrogens is 258 g/mol. The predicted octanol–water partition coefficient (Wildman–Crippen LogP) is 2.34. The van der Waals surface area contributed by atoms with E-state index < -0.39 is 0 Å². The third kappa shape index (κ3) is 4.01. The van der Waals surface area contributed by atoms with E-state index in [1.165, 1.54) is 0 Å². The van der Waals surface area contributed by atoms with E-state index in [0.717, 1.165) is 46.7 Å². The van der Waals surface area contributed by atoms with Crippen LogP contribution in [0.4, 0.5) is 11.4 Å². The first-order chi connectivity index (χ1) is 9.31. The number of anilines is 2. The first-order valence-electron chi connectivity index (χ1n) is 6.38. The minimum Gasteiger partial charge on any atom is -0.399 e. The summed E-state index contributed by atoms with van der Waals surface area (Å²) < 4.78 is 0. The van der Waals surface area contributed by atoms with Gasteiger partial charge in [-0.3, -0.25) is 4.98 Å². The highest BCUT2D eigenvalue weighted by Gasteiger charge is 2.01. The highest BCUT2D eigenvalue weighted by molar-refractivity contribution is 7.99. The van der Waals surface area contributed by atoms with Crippen LogP contribution in [0.2, 0.25) is 0 Å². The number of nitrogens with zero attached hydrogens (tertiary/aromatic N) is 1. The Hall–Kier alpha value is -1.46. The number of rotatable bonds is 7. The quantitative estimate of drug-likeness (QED) is 0.535. The minimum atomic E-state index is 0.275. The van der Waals surface area contributed by atoms with Gasteiger partial charge in [-0.2, -0.15) is 11.8 Å². The Labute approximate surface area is 117 Å². The van der Waals surface area contributed by atoms with Crippen molar-refractivity contribution in [3.8, 4) is 0 Å². The molecule has 0 aliphatic rings. The second kappa shape index (κ2) is 7.21. The molecule has 0 unspecified atom stereocenters. The Balaban J connectivity index is 1.93. The van der Waals surface area contributed by atoms with Crippen LogP contribution >= 0.6 is 11.8 Å². The van der Waals surface area contributed by atoms with Gasteiger partial charge in [0.25, 0.3) is 0 Å². The molecule has 0 aliphatic heterocycles. The molecular formula is C14H19N3OS. The Kier molecular flexibility index (Phi) is 5.30. The summed E-state index contributed by atoms with van der Waals surface area (Å²) in [5.41, 5.74) is 8.50. The summed E-state index contributed by atoms with van der Waals surface area (Å²) in [5, 5.41) is 13.2. The topological polar surface area (TPSA) is 71.2 Å². The molecule has 0 fully saturated rings. The van der Waals surface area contributed by atoms with E-state index in [1.807, 2.05) is 36.0 Å². The molecule has 5 heteroatoms. The van der Waals surface area contributed by atoms with E-state index in [-0.39, 0.29) is 6.61 Å². The van der Waals surface area contributed by atoms with Crippen molar-refractivity contribution in [3.05, 3.63) is 30.5 Å². The zero-order chi connectivity index (χ0) is 13.5. The molecule has 102 valence electrons. The first-order valence-corrected chi connectivity index (χ1v) is 7.53. The lowest BCUT2D eigenvalue weighted by Crippen LogP contribution is -2.05. The number of nitrogen functional groups attached to an aromatic ring is 1. The maximum Gasteiger partial charge on any atom is 0.0743 e. The Bertz CT molecular complexity index is 533. The lowest BCUT2D eigenvalue weighted by molar-refractivity contribution is 0.296. The van der Waals surface area contributed by atoms with Gasteiger partial charge in [0.05, 0.1) is 5.52 Å². The molecule has 0 saturated carbocycles. The lowest BCUT2D eigenvalue weighted by Gasteiger charge is -2.09. The van der Waals surface area contributed by atoms with Crippen molar-refractivity contribution in [2.75, 3.05) is 35.7 Å². The SMILES string of the molecule is Nc1ccc2c(NCCSCCCO)ccnc2c1. The van der Waals surface area contributed by atoms with Crippen LogP contribution in [0.3, 0.4) is 0 Å². The molecule has 0 saturated heterocycles. The molecule has 4 N–H and O–H groups in total. The molecule has 1 aromatic heterocycles. The zero-order valence-electron chi connectivity index (χ0n) is 10.8. The number of nitrogens with two attached hydrogens (primary N) is 1. The van der Waals surface area contributed by atoms with Gasteiger partial charge in [0.15, 0.2) is 0 Å². The summed E-state index contributed by atoms with van der Waals surface area (Å²) in [6, 6.07) is 7.76. The van der Waals surface area contributed by atoms with Crippen molar-refractivity contribution >= 4 is 34.0 Å². The largest absolute Gasteiger partial charge is 0.399 e. The smallest absolute Gasteiger partial charge is 0.0743 e. The molecule has 0 radical (unpaired) electrons. The molecule has 0 atom stereocenters. The normalized spacial score (nSPS) is 10.8. The van der Waals surface area contributed by atoms with Gasteiger partial charge in [0, 0.05) is 41.9 Å². The van der Waals surface area contributed by atoms with Crippen LogP contribution in [0.1, 0.15) is 6.42 Å². The Morgan fingerprint density at radius 1 is 1.26 bits per heavy atom.